The number of anilines is 1. The van der Waals surface area contributed by atoms with E-state index in [-0.39, 0.29) is 0 Å². The molecule has 28 heavy (non-hydrogen) atoms. The van der Waals surface area contributed by atoms with E-state index in [9.17, 15) is 0 Å². The van der Waals surface area contributed by atoms with Crippen molar-refractivity contribution in [2.75, 3.05) is 18.1 Å². The lowest BCUT2D eigenvalue weighted by Crippen LogP contribution is -2.38. The van der Waals surface area contributed by atoms with Crippen molar-refractivity contribution in [2.45, 2.75) is 31.9 Å². The normalized spacial score (nSPS) is 16.6. The summed E-state index contributed by atoms with van der Waals surface area (Å²) < 4.78 is 11.3. The van der Waals surface area contributed by atoms with Gasteiger partial charge < -0.3 is 19.1 Å². The molecule has 0 spiro atoms. The third-order valence-electron chi connectivity index (χ3n) is 5.01. The summed E-state index contributed by atoms with van der Waals surface area (Å²) in [6, 6.07) is 13.9. The number of H-pyrrole nitrogens is 1. The van der Waals surface area contributed by atoms with Gasteiger partial charge in [-0.25, -0.2) is 0 Å². The number of ether oxygens (including phenoxy) is 1. The lowest BCUT2D eigenvalue weighted by molar-refractivity contribution is 0.289. The summed E-state index contributed by atoms with van der Waals surface area (Å²) >= 11 is 0. The molecule has 1 aliphatic heterocycles. The van der Waals surface area contributed by atoms with Gasteiger partial charge in [0.05, 0.1) is 24.6 Å². The number of hydrogen-bond acceptors (Lipinski definition) is 6. The molecule has 0 unspecified atom stereocenters. The molecule has 0 amide bonds. The second kappa shape index (κ2) is 7.42. The van der Waals surface area contributed by atoms with Crippen molar-refractivity contribution in [3.8, 4) is 5.75 Å². The van der Waals surface area contributed by atoms with E-state index in [2.05, 4.69) is 43.5 Å². The van der Waals surface area contributed by atoms with Crippen LogP contribution < -0.4 is 9.64 Å². The van der Waals surface area contributed by atoms with E-state index in [4.69, 9.17) is 9.26 Å². The molecular formula is C21H23N5O2. The van der Waals surface area contributed by atoms with Gasteiger partial charge in [0, 0.05) is 24.6 Å². The Hall–Kier alpha value is -3.22. The molecule has 3 aromatic rings. The molecule has 1 aromatic carbocycles. The van der Waals surface area contributed by atoms with Crippen LogP contribution in [0.5, 0.6) is 5.75 Å². The molecule has 3 heterocycles. The average molecular weight is 377 g/mol. The van der Waals surface area contributed by atoms with Crippen LogP contribution in [-0.2, 0) is 13.2 Å². The quantitative estimate of drug-likeness (QED) is 0.678. The molecule has 7 heteroatoms. The van der Waals surface area contributed by atoms with Crippen LogP contribution in [-0.4, -0.2) is 33.5 Å². The van der Waals surface area contributed by atoms with Crippen molar-refractivity contribution >= 4 is 5.82 Å². The lowest BCUT2D eigenvalue weighted by Gasteiger charge is -2.32. The van der Waals surface area contributed by atoms with E-state index in [0.717, 1.165) is 41.9 Å². The van der Waals surface area contributed by atoms with Gasteiger partial charge in [0.2, 0.25) is 0 Å². The average Bonchev–Trinajstić information content (AvgIpc) is 3.29. The molecule has 1 aliphatic carbocycles. The van der Waals surface area contributed by atoms with Gasteiger partial charge in [-0.2, -0.15) is 5.10 Å². The van der Waals surface area contributed by atoms with Crippen LogP contribution in [0, 0.1) is 0 Å². The van der Waals surface area contributed by atoms with Gasteiger partial charge in [-0.15, -0.1) is 0 Å². The largest absolute Gasteiger partial charge is 0.487 e. The predicted molar refractivity (Wildman–Crippen MR) is 105 cm³/mol. The third kappa shape index (κ3) is 3.88. The summed E-state index contributed by atoms with van der Waals surface area (Å²) in [4.78, 5) is 4.41. The zero-order valence-electron chi connectivity index (χ0n) is 15.6. The fraction of sp³-hybridized carbons (Fsp3) is 0.333. The Morgan fingerprint density at radius 1 is 1.18 bits per heavy atom. The van der Waals surface area contributed by atoms with Crippen molar-refractivity contribution in [2.24, 2.45) is 0 Å². The fourth-order valence-corrected chi connectivity index (χ4v) is 3.35. The number of rotatable bonds is 7. The van der Waals surface area contributed by atoms with Crippen LogP contribution >= 0.6 is 0 Å². The Labute approximate surface area is 163 Å². The van der Waals surface area contributed by atoms with E-state index >= 15 is 0 Å². The topological polar surface area (TPSA) is 70.4 Å². The first-order valence-electron chi connectivity index (χ1n) is 9.67. The molecule has 144 valence electrons. The van der Waals surface area contributed by atoms with E-state index in [1.807, 2.05) is 36.4 Å². The summed E-state index contributed by atoms with van der Waals surface area (Å²) in [5.74, 6) is 3.29. The summed E-state index contributed by atoms with van der Waals surface area (Å²) in [7, 11) is 0. The maximum absolute atomic E-state index is 5.79. The van der Waals surface area contributed by atoms with Crippen LogP contribution in [0.3, 0.4) is 0 Å². The molecule has 0 atom stereocenters. The zero-order valence-corrected chi connectivity index (χ0v) is 15.6. The van der Waals surface area contributed by atoms with Crippen LogP contribution in [0.2, 0.25) is 0 Å². The number of nitrogens with zero attached hydrogens (tertiary/aromatic N) is 4. The number of aromatic amines is 1. The maximum Gasteiger partial charge on any atom is 0.156 e. The molecule has 2 aliphatic rings. The monoisotopic (exact) mass is 377 g/mol. The van der Waals surface area contributed by atoms with Gasteiger partial charge in [0.1, 0.15) is 12.4 Å². The fourth-order valence-electron chi connectivity index (χ4n) is 3.35. The van der Waals surface area contributed by atoms with Gasteiger partial charge in [-0.3, -0.25) is 5.10 Å². The molecule has 0 saturated heterocycles. The Kier molecular flexibility index (Phi) is 4.48. The molecule has 5 rings (SSSR count). The Bertz CT molecular complexity index is 945. The Morgan fingerprint density at radius 2 is 2.07 bits per heavy atom. The van der Waals surface area contributed by atoms with Crippen LogP contribution in [0.4, 0.5) is 5.82 Å². The highest BCUT2D eigenvalue weighted by molar-refractivity contribution is 5.41. The van der Waals surface area contributed by atoms with Crippen molar-refractivity contribution in [1.29, 1.82) is 0 Å². The minimum absolute atomic E-state index is 0.465. The molecule has 1 saturated carbocycles. The summed E-state index contributed by atoms with van der Waals surface area (Å²) in [6.07, 6.45) is 6.72. The van der Waals surface area contributed by atoms with E-state index in [0.29, 0.717) is 19.1 Å². The van der Waals surface area contributed by atoms with Crippen LogP contribution in [0.1, 0.15) is 35.9 Å². The van der Waals surface area contributed by atoms with Crippen molar-refractivity contribution in [1.82, 2.24) is 20.3 Å². The van der Waals surface area contributed by atoms with Crippen LogP contribution in [0.15, 0.2) is 59.3 Å². The van der Waals surface area contributed by atoms with E-state index in [1.165, 1.54) is 12.8 Å². The number of para-hydroxylation sites is 1. The highest BCUT2D eigenvalue weighted by atomic mass is 16.5. The zero-order chi connectivity index (χ0) is 18.8. The molecule has 0 bridgehead atoms. The minimum atomic E-state index is 0.465. The van der Waals surface area contributed by atoms with Gasteiger partial charge in [0.15, 0.2) is 11.6 Å². The molecule has 1 N–H and O–H groups in total. The third-order valence-corrected chi connectivity index (χ3v) is 5.01. The summed E-state index contributed by atoms with van der Waals surface area (Å²) in [6.45, 7) is 2.75. The second-order valence-electron chi connectivity index (χ2n) is 7.34. The number of aromatic nitrogens is 3. The van der Waals surface area contributed by atoms with Crippen molar-refractivity contribution in [3.63, 3.8) is 0 Å². The van der Waals surface area contributed by atoms with E-state index < -0.39 is 0 Å². The highest BCUT2D eigenvalue weighted by Crippen LogP contribution is 2.39. The number of hydrogen-bond donors (Lipinski definition) is 1. The lowest BCUT2D eigenvalue weighted by atomic mass is 10.2. The second-order valence-corrected chi connectivity index (χ2v) is 7.34. The first-order valence-corrected chi connectivity index (χ1v) is 9.67. The Balaban J connectivity index is 1.18. The van der Waals surface area contributed by atoms with Gasteiger partial charge in [-0.05, 0) is 37.3 Å². The highest BCUT2D eigenvalue weighted by Gasteiger charge is 2.27. The molecule has 0 radical (unpaired) electrons. The standard InChI is InChI=1S/C21H23N5O2/c1-2-5-18(6-3-1)27-14-17-11-21(23-22-17)26-10-4-9-25(15-26)13-19-12-20(24-28-19)16-7-8-16/h1-6,9,11-12,16H,7-8,10,13-15H2,(H,22,23). The first kappa shape index (κ1) is 16.9. The summed E-state index contributed by atoms with van der Waals surface area (Å²) in [5, 5.41) is 11.7. The van der Waals surface area contributed by atoms with E-state index in [1.54, 1.807) is 0 Å². The number of benzene rings is 1. The van der Waals surface area contributed by atoms with Crippen molar-refractivity contribution < 1.29 is 9.26 Å². The molecule has 2 aromatic heterocycles. The summed E-state index contributed by atoms with van der Waals surface area (Å²) in [5.41, 5.74) is 2.05. The van der Waals surface area contributed by atoms with Crippen molar-refractivity contribution in [3.05, 3.63) is 71.9 Å². The predicted octanol–water partition coefficient (Wildman–Crippen LogP) is 3.65. The number of nitrogens with one attached hydrogen (secondary N) is 1. The molecular weight excluding hydrogens is 354 g/mol. The van der Waals surface area contributed by atoms with Gasteiger partial charge in [-0.1, -0.05) is 23.4 Å². The maximum atomic E-state index is 5.79. The first-order chi connectivity index (χ1) is 13.8. The smallest absolute Gasteiger partial charge is 0.156 e. The molecule has 7 nitrogen and oxygen atoms in total. The molecule has 1 fully saturated rings. The van der Waals surface area contributed by atoms with Gasteiger partial charge in [0.25, 0.3) is 0 Å². The minimum Gasteiger partial charge on any atom is -0.487 e. The Morgan fingerprint density at radius 3 is 2.93 bits per heavy atom. The van der Waals surface area contributed by atoms with Gasteiger partial charge >= 0.3 is 0 Å². The van der Waals surface area contributed by atoms with Crippen LogP contribution in [0.25, 0.3) is 0 Å². The SMILES string of the molecule is C1=CN(Cc2cc(C3CC3)no2)CN(c2cc(COc3ccccc3)[nH]n2)C1.